The van der Waals surface area contributed by atoms with Gasteiger partial charge in [-0.3, -0.25) is 4.79 Å². The predicted octanol–water partition coefficient (Wildman–Crippen LogP) is 1.04. The molecule has 1 amide bonds. The van der Waals surface area contributed by atoms with Gasteiger partial charge in [0.15, 0.2) is 6.33 Å². The van der Waals surface area contributed by atoms with Crippen molar-refractivity contribution in [3.63, 3.8) is 0 Å². The fourth-order valence-electron chi connectivity index (χ4n) is 2.33. The summed E-state index contributed by atoms with van der Waals surface area (Å²) < 4.78 is 4.89. The summed E-state index contributed by atoms with van der Waals surface area (Å²) in [6.07, 6.45) is 3.66. The molecule has 0 radical (unpaired) electrons. The Morgan fingerprint density at radius 1 is 1.35 bits per heavy atom. The Labute approximate surface area is 116 Å². The Morgan fingerprint density at radius 3 is 2.70 bits per heavy atom. The first-order valence-corrected chi connectivity index (χ1v) is 6.61. The van der Waals surface area contributed by atoms with E-state index in [0.717, 1.165) is 18.4 Å². The molecule has 2 aromatic rings. The minimum Gasteiger partial charge on any atom is -0.399 e. The first kappa shape index (κ1) is 12.7. The molecule has 20 heavy (non-hydrogen) atoms. The molecule has 104 valence electrons. The van der Waals surface area contributed by atoms with Gasteiger partial charge >= 0.3 is 0 Å². The Balaban J connectivity index is 1.60. The van der Waals surface area contributed by atoms with Crippen molar-refractivity contribution in [2.45, 2.75) is 24.7 Å². The monoisotopic (exact) mass is 272 g/mol. The van der Waals surface area contributed by atoms with Crippen LogP contribution < -0.4 is 11.1 Å². The number of nitrogen functional groups attached to an aromatic ring is 1. The largest absolute Gasteiger partial charge is 0.399 e. The van der Waals surface area contributed by atoms with E-state index in [1.807, 2.05) is 24.3 Å². The molecule has 1 aromatic carbocycles. The average molecular weight is 272 g/mol. The maximum atomic E-state index is 12.3. The number of carbonyl (C=O) groups excluding carboxylic acids is 1. The van der Waals surface area contributed by atoms with Crippen LogP contribution in [0.4, 0.5) is 5.69 Å². The minimum atomic E-state index is -0.372. The second-order valence-corrected chi connectivity index (χ2v) is 5.05. The number of benzene rings is 1. The van der Waals surface area contributed by atoms with Crippen molar-refractivity contribution in [3.05, 3.63) is 42.0 Å². The molecule has 1 fully saturated rings. The van der Waals surface area contributed by atoms with Crippen molar-refractivity contribution in [2.24, 2.45) is 0 Å². The first-order chi connectivity index (χ1) is 9.71. The summed E-state index contributed by atoms with van der Waals surface area (Å²) in [5, 5.41) is 6.47. The van der Waals surface area contributed by atoms with Crippen LogP contribution in [0.5, 0.6) is 0 Å². The highest BCUT2D eigenvalue weighted by atomic mass is 16.5. The summed E-state index contributed by atoms with van der Waals surface area (Å²) in [6.45, 7) is 0.498. The van der Waals surface area contributed by atoms with Gasteiger partial charge in [0, 0.05) is 18.7 Å². The van der Waals surface area contributed by atoms with E-state index in [1.54, 1.807) is 0 Å². The Morgan fingerprint density at radius 2 is 2.10 bits per heavy atom. The third kappa shape index (κ3) is 2.36. The van der Waals surface area contributed by atoms with Gasteiger partial charge in [0.05, 0.1) is 5.41 Å². The van der Waals surface area contributed by atoms with Gasteiger partial charge in [-0.2, -0.15) is 4.98 Å². The molecule has 1 aliphatic rings. The molecule has 0 saturated heterocycles. The molecule has 0 aliphatic heterocycles. The SMILES string of the molecule is Nc1ccc(C2(C(=O)NCCc3ncno3)CC2)cc1. The average Bonchev–Trinajstić information content (AvgIpc) is 3.10. The smallest absolute Gasteiger partial charge is 0.230 e. The van der Waals surface area contributed by atoms with Gasteiger partial charge in [-0.1, -0.05) is 17.3 Å². The van der Waals surface area contributed by atoms with E-state index in [-0.39, 0.29) is 11.3 Å². The number of anilines is 1. The molecule has 1 heterocycles. The lowest BCUT2D eigenvalue weighted by Gasteiger charge is -2.15. The predicted molar refractivity (Wildman–Crippen MR) is 72.8 cm³/mol. The molecular weight excluding hydrogens is 256 g/mol. The summed E-state index contributed by atoms with van der Waals surface area (Å²) in [6, 6.07) is 7.53. The molecule has 6 nitrogen and oxygen atoms in total. The number of nitrogens with two attached hydrogens (primary N) is 1. The zero-order valence-electron chi connectivity index (χ0n) is 11.0. The van der Waals surface area contributed by atoms with E-state index >= 15 is 0 Å². The molecule has 0 unspecified atom stereocenters. The Bertz CT molecular complexity index is 588. The third-order valence-electron chi connectivity index (χ3n) is 3.68. The van der Waals surface area contributed by atoms with E-state index in [2.05, 4.69) is 15.5 Å². The molecule has 0 spiro atoms. The lowest BCUT2D eigenvalue weighted by atomic mass is 9.95. The van der Waals surface area contributed by atoms with Crippen molar-refractivity contribution in [1.29, 1.82) is 0 Å². The van der Waals surface area contributed by atoms with Crippen LogP contribution >= 0.6 is 0 Å². The maximum Gasteiger partial charge on any atom is 0.230 e. The van der Waals surface area contributed by atoms with Crippen molar-refractivity contribution in [1.82, 2.24) is 15.5 Å². The number of nitrogens with zero attached hydrogens (tertiary/aromatic N) is 2. The van der Waals surface area contributed by atoms with Crippen molar-refractivity contribution >= 4 is 11.6 Å². The van der Waals surface area contributed by atoms with Gasteiger partial charge in [-0.25, -0.2) is 0 Å². The van der Waals surface area contributed by atoms with Crippen LogP contribution in [0.3, 0.4) is 0 Å². The lowest BCUT2D eigenvalue weighted by molar-refractivity contribution is -0.123. The lowest BCUT2D eigenvalue weighted by Crippen LogP contribution is -2.36. The number of rotatable bonds is 5. The highest BCUT2D eigenvalue weighted by molar-refractivity contribution is 5.91. The van der Waals surface area contributed by atoms with Crippen LogP contribution in [0.25, 0.3) is 0 Å². The zero-order chi connectivity index (χ0) is 14.0. The topological polar surface area (TPSA) is 94.0 Å². The molecule has 1 saturated carbocycles. The van der Waals surface area contributed by atoms with E-state index in [1.165, 1.54) is 6.33 Å². The van der Waals surface area contributed by atoms with E-state index < -0.39 is 0 Å². The van der Waals surface area contributed by atoms with Gasteiger partial charge in [0.25, 0.3) is 0 Å². The van der Waals surface area contributed by atoms with Gasteiger partial charge in [-0.05, 0) is 30.5 Å². The first-order valence-electron chi connectivity index (χ1n) is 6.61. The standard InChI is InChI=1S/C14H16N4O2/c15-11-3-1-10(2-4-11)14(6-7-14)13(19)16-8-5-12-17-9-18-20-12/h1-4,9H,5-8,15H2,(H,16,19). The molecule has 6 heteroatoms. The highest BCUT2D eigenvalue weighted by Crippen LogP contribution is 2.48. The molecular formula is C14H16N4O2. The van der Waals surface area contributed by atoms with Gasteiger partial charge in [-0.15, -0.1) is 0 Å². The van der Waals surface area contributed by atoms with Crippen molar-refractivity contribution in [3.8, 4) is 0 Å². The second kappa shape index (κ2) is 4.96. The minimum absolute atomic E-state index is 0.0572. The number of hydrogen-bond donors (Lipinski definition) is 2. The van der Waals surface area contributed by atoms with Crippen LogP contribution in [0.2, 0.25) is 0 Å². The molecule has 1 aromatic heterocycles. The summed E-state index contributed by atoms with van der Waals surface area (Å²) in [4.78, 5) is 16.2. The van der Waals surface area contributed by atoms with Gasteiger partial charge < -0.3 is 15.6 Å². The van der Waals surface area contributed by atoms with Gasteiger partial charge in [0.2, 0.25) is 11.8 Å². The maximum absolute atomic E-state index is 12.3. The van der Waals surface area contributed by atoms with Crippen molar-refractivity contribution in [2.75, 3.05) is 12.3 Å². The Kier molecular flexibility index (Phi) is 3.14. The molecule has 3 N–H and O–H groups in total. The summed E-state index contributed by atoms with van der Waals surface area (Å²) in [5.74, 6) is 0.587. The summed E-state index contributed by atoms with van der Waals surface area (Å²) in [7, 11) is 0. The quantitative estimate of drug-likeness (QED) is 0.793. The normalized spacial score (nSPS) is 15.8. The second-order valence-electron chi connectivity index (χ2n) is 5.05. The van der Waals surface area contributed by atoms with Crippen LogP contribution in [-0.2, 0) is 16.6 Å². The van der Waals surface area contributed by atoms with E-state index in [0.29, 0.717) is 24.5 Å². The molecule has 0 bridgehead atoms. The van der Waals surface area contributed by atoms with Gasteiger partial charge in [0.1, 0.15) is 0 Å². The number of hydrogen-bond acceptors (Lipinski definition) is 5. The third-order valence-corrected chi connectivity index (χ3v) is 3.68. The number of carbonyl (C=O) groups is 1. The molecule has 3 rings (SSSR count). The molecule has 1 aliphatic carbocycles. The van der Waals surface area contributed by atoms with E-state index in [9.17, 15) is 4.79 Å². The Hall–Kier alpha value is -2.37. The number of nitrogens with one attached hydrogen (secondary N) is 1. The van der Waals surface area contributed by atoms with Crippen molar-refractivity contribution < 1.29 is 9.32 Å². The summed E-state index contributed by atoms with van der Waals surface area (Å²) >= 11 is 0. The van der Waals surface area contributed by atoms with E-state index in [4.69, 9.17) is 10.3 Å². The highest BCUT2D eigenvalue weighted by Gasteiger charge is 2.50. The van der Waals surface area contributed by atoms with Crippen LogP contribution in [0, 0.1) is 0 Å². The number of amides is 1. The summed E-state index contributed by atoms with van der Waals surface area (Å²) in [5.41, 5.74) is 7.04. The fraction of sp³-hybridized carbons (Fsp3) is 0.357. The fourth-order valence-corrected chi connectivity index (χ4v) is 2.33. The van der Waals surface area contributed by atoms with Crippen LogP contribution in [0.15, 0.2) is 35.1 Å². The zero-order valence-corrected chi connectivity index (χ0v) is 11.0. The van der Waals surface area contributed by atoms with Crippen LogP contribution in [0.1, 0.15) is 24.3 Å². The number of aromatic nitrogens is 2. The molecule has 0 atom stereocenters. The van der Waals surface area contributed by atoms with Crippen LogP contribution in [-0.4, -0.2) is 22.6 Å².